The first-order valence-corrected chi connectivity index (χ1v) is 5.67. The summed E-state index contributed by atoms with van der Waals surface area (Å²) in [6.45, 7) is 0. The van der Waals surface area contributed by atoms with E-state index in [1.807, 2.05) is 0 Å². The van der Waals surface area contributed by atoms with E-state index in [0.29, 0.717) is 12.1 Å². The molecule has 3 N–H and O–H groups in total. The molecule has 0 saturated carbocycles. The van der Waals surface area contributed by atoms with E-state index in [9.17, 15) is 22.8 Å². The number of carboxylic acids is 1. The second-order valence-electron chi connectivity index (χ2n) is 4.14. The van der Waals surface area contributed by atoms with Crippen LogP contribution in [0, 0.1) is 0 Å². The molecule has 0 aliphatic heterocycles. The number of anilines is 1. The molecule has 110 valence electrons. The van der Waals surface area contributed by atoms with Crippen LogP contribution in [0.15, 0.2) is 36.5 Å². The fraction of sp³-hybridized carbons (Fsp3) is 0.0769. The molecule has 21 heavy (non-hydrogen) atoms. The summed E-state index contributed by atoms with van der Waals surface area (Å²) in [5, 5.41) is 11.0. The molecule has 1 amide bonds. The molecular weight excluding hydrogens is 289 g/mol. The summed E-state index contributed by atoms with van der Waals surface area (Å²) in [6.07, 6.45) is -3.24. The van der Waals surface area contributed by atoms with Gasteiger partial charge in [0.2, 0.25) is 0 Å². The van der Waals surface area contributed by atoms with Gasteiger partial charge in [-0.1, -0.05) is 0 Å². The van der Waals surface area contributed by atoms with Gasteiger partial charge in [0.15, 0.2) is 0 Å². The molecule has 8 heteroatoms. The van der Waals surface area contributed by atoms with Crippen LogP contribution in [0.4, 0.5) is 18.9 Å². The van der Waals surface area contributed by atoms with E-state index >= 15 is 0 Å². The van der Waals surface area contributed by atoms with Gasteiger partial charge in [-0.15, -0.1) is 0 Å². The van der Waals surface area contributed by atoms with E-state index in [-0.39, 0.29) is 11.4 Å². The molecule has 0 aliphatic carbocycles. The van der Waals surface area contributed by atoms with Gasteiger partial charge in [0.1, 0.15) is 5.69 Å². The third-order valence-electron chi connectivity index (χ3n) is 2.61. The first-order chi connectivity index (χ1) is 9.77. The predicted octanol–water partition coefficient (Wildman–Crippen LogP) is 2.98. The van der Waals surface area contributed by atoms with E-state index in [1.54, 1.807) is 6.07 Å². The Balaban J connectivity index is 2.37. The number of alkyl halides is 3. The van der Waals surface area contributed by atoms with Crippen LogP contribution < -0.4 is 5.32 Å². The number of amides is 1. The van der Waals surface area contributed by atoms with Crippen molar-refractivity contribution < 1.29 is 27.9 Å². The number of aromatic carboxylic acids is 1. The summed E-state index contributed by atoms with van der Waals surface area (Å²) >= 11 is 0. The molecule has 2 aromatic rings. The minimum atomic E-state index is -4.71. The van der Waals surface area contributed by atoms with Crippen LogP contribution in [0.2, 0.25) is 0 Å². The molecular formula is C13H9F3N2O3. The first kappa shape index (κ1) is 14.6. The second-order valence-corrected chi connectivity index (χ2v) is 4.14. The maximum atomic E-state index is 12.7. The SMILES string of the molecule is O=C(O)c1cc(NC(=O)c2ccc[nH]2)cc(C(F)(F)F)c1. The summed E-state index contributed by atoms with van der Waals surface area (Å²) < 4.78 is 38.1. The highest BCUT2D eigenvalue weighted by Crippen LogP contribution is 2.32. The molecule has 0 saturated heterocycles. The van der Waals surface area contributed by atoms with Gasteiger partial charge in [-0.05, 0) is 30.3 Å². The van der Waals surface area contributed by atoms with Crippen LogP contribution in [-0.2, 0) is 6.18 Å². The Morgan fingerprint density at radius 1 is 1.19 bits per heavy atom. The van der Waals surface area contributed by atoms with Gasteiger partial charge in [0, 0.05) is 11.9 Å². The van der Waals surface area contributed by atoms with Crippen LogP contribution in [0.5, 0.6) is 0 Å². The smallest absolute Gasteiger partial charge is 0.416 e. The third-order valence-corrected chi connectivity index (χ3v) is 2.61. The lowest BCUT2D eigenvalue weighted by atomic mass is 10.1. The predicted molar refractivity (Wildman–Crippen MR) is 67.1 cm³/mol. The van der Waals surface area contributed by atoms with Gasteiger partial charge in [-0.3, -0.25) is 4.79 Å². The Kier molecular flexibility index (Phi) is 3.70. The molecule has 0 fully saturated rings. The third kappa shape index (κ3) is 3.41. The lowest BCUT2D eigenvalue weighted by molar-refractivity contribution is -0.137. The minimum Gasteiger partial charge on any atom is -0.478 e. The summed E-state index contributed by atoms with van der Waals surface area (Å²) in [5.74, 6) is -2.19. The van der Waals surface area contributed by atoms with Crippen LogP contribution in [-0.4, -0.2) is 22.0 Å². The zero-order chi connectivity index (χ0) is 15.6. The topological polar surface area (TPSA) is 82.2 Å². The number of carbonyl (C=O) groups excluding carboxylic acids is 1. The number of H-pyrrole nitrogens is 1. The number of carbonyl (C=O) groups is 2. The van der Waals surface area contributed by atoms with Gasteiger partial charge in [-0.25, -0.2) is 4.79 Å². The Labute approximate surface area is 116 Å². The lowest BCUT2D eigenvalue weighted by Gasteiger charge is -2.11. The van der Waals surface area contributed by atoms with Crippen molar-refractivity contribution in [1.82, 2.24) is 4.98 Å². The van der Waals surface area contributed by atoms with Crippen molar-refractivity contribution in [2.45, 2.75) is 6.18 Å². The highest BCUT2D eigenvalue weighted by Gasteiger charge is 2.32. The molecule has 0 atom stereocenters. The number of carboxylic acid groups (broad SMARTS) is 1. The van der Waals surface area contributed by atoms with Crippen molar-refractivity contribution in [3.63, 3.8) is 0 Å². The fourth-order valence-electron chi connectivity index (χ4n) is 1.66. The molecule has 5 nitrogen and oxygen atoms in total. The first-order valence-electron chi connectivity index (χ1n) is 5.67. The minimum absolute atomic E-state index is 0.143. The Morgan fingerprint density at radius 2 is 1.90 bits per heavy atom. The van der Waals surface area contributed by atoms with Crippen molar-refractivity contribution in [3.05, 3.63) is 53.3 Å². The maximum absolute atomic E-state index is 12.7. The number of aromatic nitrogens is 1. The number of hydrogen-bond donors (Lipinski definition) is 3. The molecule has 2 rings (SSSR count). The van der Waals surface area contributed by atoms with Crippen LogP contribution >= 0.6 is 0 Å². The Morgan fingerprint density at radius 3 is 2.43 bits per heavy atom. The molecule has 0 spiro atoms. The summed E-state index contributed by atoms with van der Waals surface area (Å²) in [4.78, 5) is 25.2. The van der Waals surface area contributed by atoms with Gasteiger partial charge in [0.25, 0.3) is 5.91 Å². The molecule has 0 aliphatic rings. The van der Waals surface area contributed by atoms with Crippen molar-refractivity contribution in [2.24, 2.45) is 0 Å². The van der Waals surface area contributed by atoms with E-state index in [4.69, 9.17) is 5.11 Å². The summed E-state index contributed by atoms with van der Waals surface area (Å²) in [7, 11) is 0. The standard InChI is InChI=1S/C13H9F3N2O3/c14-13(15,16)8-4-7(12(20)21)5-9(6-8)18-11(19)10-2-1-3-17-10/h1-6,17H,(H,18,19)(H,20,21). The molecule has 0 radical (unpaired) electrons. The molecule has 1 heterocycles. The van der Waals surface area contributed by atoms with Crippen LogP contribution in [0.3, 0.4) is 0 Å². The van der Waals surface area contributed by atoms with E-state index in [2.05, 4.69) is 10.3 Å². The Hall–Kier alpha value is -2.77. The highest BCUT2D eigenvalue weighted by atomic mass is 19.4. The largest absolute Gasteiger partial charge is 0.478 e. The van der Waals surface area contributed by atoms with Gasteiger partial charge < -0.3 is 15.4 Å². The van der Waals surface area contributed by atoms with Gasteiger partial charge in [-0.2, -0.15) is 13.2 Å². The monoisotopic (exact) mass is 298 g/mol. The quantitative estimate of drug-likeness (QED) is 0.814. The van der Waals surface area contributed by atoms with E-state index < -0.39 is 29.2 Å². The van der Waals surface area contributed by atoms with E-state index in [1.165, 1.54) is 12.3 Å². The fourth-order valence-corrected chi connectivity index (χ4v) is 1.66. The molecule has 0 unspecified atom stereocenters. The zero-order valence-corrected chi connectivity index (χ0v) is 10.4. The van der Waals surface area contributed by atoms with Crippen molar-refractivity contribution in [1.29, 1.82) is 0 Å². The Bertz CT molecular complexity index is 678. The summed E-state index contributed by atoms with van der Waals surface area (Å²) in [5.41, 5.74) is -1.82. The van der Waals surface area contributed by atoms with Crippen LogP contribution in [0.25, 0.3) is 0 Å². The van der Waals surface area contributed by atoms with Crippen molar-refractivity contribution >= 4 is 17.6 Å². The van der Waals surface area contributed by atoms with Gasteiger partial charge >= 0.3 is 12.1 Å². The number of benzene rings is 1. The number of aromatic amines is 1. The molecule has 1 aromatic carbocycles. The zero-order valence-electron chi connectivity index (χ0n) is 10.4. The molecule has 1 aromatic heterocycles. The normalized spacial score (nSPS) is 11.2. The number of rotatable bonds is 3. The number of nitrogens with one attached hydrogen (secondary N) is 2. The second kappa shape index (κ2) is 5.31. The maximum Gasteiger partial charge on any atom is 0.416 e. The van der Waals surface area contributed by atoms with Crippen molar-refractivity contribution in [3.8, 4) is 0 Å². The summed E-state index contributed by atoms with van der Waals surface area (Å²) in [6, 6.07) is 5.11. The average molecular weight is 298 g/mol. The van der Waals surface area contributed by atoms with E-state index in [0.717, 1.165) is 6.07 Å². The number of hydrogen-bond acceptors (Lipinski definition) is 2. The lowest BCUT2D eigenvalue weighted by Crippen LogP contribution is -2.15. The van der Waals surface area contributed by atoms with Crippen LogP contribution in [0.1, 0.15) is 26.4 Å². The van der Waals surface area contributed by atoms with Gasteiger partial charge in [0.05, 0.1) is 11.1 Å². The number of halogens is 3. The molecule has 0 bridgehead atoms. The average Bonchev–Trinajstić information content (AvgIpc) is 2.91. The van der Waals surface area contributed by atoms with Crippen molar-refractivity contribution in [2.75, 3.05) is 5.32 Å². The highest BCUT2D eigenvalue weighted by molar-refractivity contribution is 6.03.